The molecule has 0 radical (unpaired) electrons. The molecule has 0 atom stereocenters. The minimum atomic E-state index is -0.878. The number of carboxylic acid groups (broad SMARTS) is 1. The Balaban J connectivity index is 2.96. The number of aromatic carboxylic acids is 1. The third-order valence-corrected chi connectivity index (χ3v) is 4.44. The number of carboxylic acids is 1. The van der Waals surface area contributed by atoms with E-state index >= 15 is 0 Å². The van der Waals surface area contributed by atoms with Gasteiger partial charge in [0.25, 0.3) is 0 Å². The van der Waals surface area contributed by atoms with Crippen LogP contribution in [0.15, 0.2) is 12.1 Å². The number of hydrogen-bond donors (Lipinski definition) is 2. The molecule has 2 aromatic rings. The van der Waals surface area contributed by atoms with Crippen molar-refractivity contribution in [2.24, 2.45) is 5.73 Å². The number of aryl methyl sites for hydroxylation is 1. The zero-order valence-electron chi connectivity index (χ0n) is 14.9. The maximum absolute atomic E-state index is 11.6. The Bertz CT molecular complexity index is 736. The van der Waals surface area contributed by atoms with Crippen molar-refractivity contribution in [1.82, 2.24) is 4.57 Å². The predicted molar refractivity (Wildman–Crippen MR) is 95.4 cm³/mol. The first kappa shape index (κ1) is 17.5. The van der Waals surface area contributed by atoms with Gasteiger partial charge >= 0.3 is 5.97 Å². The lowest BCUT2D eigenvalue weighted by molar-refractivity contribution is 0.0697. The molecular formula is C19H28N2O2. The molecule has 4 nitrogen and oxygen atoms in total. The van der Waals surface area contributed by atoms with Gasteiger partial charge in [0.05, 0.1) is 11.1 Å². The highest BCUT2D eigenvalue weighted by Crippen LogP contribution is 2.36. The van der Waals surface area contributed by atoms with Gasteiger partial charge in [-0.2, -0.15) is 0 Å². The van der Waals surface area contributed by atoms with Gasteiger partial charge in [-0.1, -0.05) is 27.7 Å². The molecule has 0 spiro atoms. The summed E-state index contributed by atoms with van der Waals surface area (Å²) in [6.07, 6.45) is 1.81. The van der Waals surface area contributed by atoms with Crippen LogP contribution < -0.4 is 5.73 Å². The molecule has 0 amide bonds. The Morgan fingerprint density at radius 1 is 1.30 bits per heavy atom. The molecule has 23 heavy (non-hydrogen) atoms. The fraction of sp³-hybridized carbons (Fsp3) is 0.526. The number of nitrogens with two attached hydrogens (primary N) is 1. The summed E-state index contributed by atoms with van der Waals surface area (Å²) in [5, 5.41) is 10.6. The molecule has 126 valence electrons. The van der Waals surface area contributed by atoms with Crippen LogP contribution in [-0.4, -0.2) is 22.2 Å². The molecule has 0 saturated heterocycles. The maximum Gasteiger partial charge on any atom is 0.335 e. The van der Waals surface area contributed by atoms with Crippen molar-refractivity contribution in [3.63, 3.8) is 0 Å². The Morgan fingerprint density at radius 3 is 2.43 bits per heavy atom. The number of fused-ring (bicyclic) bond motifs is 1. The lowest BCUT2D eigenvalue weighted by atomic mass is 9.84. The Kier molecular flexibility index (Phi) is 4.85. The minimum absolute atomic E-state index is 0.125. The highest BCUT2D eigenvalue weighted by Gasteiger charge is 2.25. The summed E-state index contributed by atoms with van der Waals surface area (Å²) in [6, 6.07) is 3.65. The summed E-state index contributed by atoms with van der Waals surface area (Å²) in [6.45, 7) is 12.2. The normalized spacial score (nSPS) is 12.1. The van der Waals surface area contributed by atoms with Crippen LogP contribution >= 0.6 is 0 Å². The minimum Gasteiger partial charge on any atom is -0.478 e. The number of benzene rings is 1. The van der Waals surface area contributed by atoms with Gasteiger partial charge in [-0.3, -0.25) is 0 Å². The van der Waals surface area contributed by atoms with Crippen molar-refractivity contribution in [2.75, 3.05) is 6.54 Å². The van der Waals surface area contributed by atoms with Gasteiger partial charge in [0.2, 0.25) is 0 Å². The van der Waals surface area contributed by atoms with Gasteiger partial charge in [-0.25, -0.2) is 4.79 Å². The van der Waals surface area contributed by atoms with Gasteiger partial charge in [0.1, 0.15) is 0 Å². The van der Waals surface area contributed by atoms with Gasteiger partial charge in [0, 0.05) is 17.6 Å². The highest BCUT2D eigenvalue weighted by molar-refractivity contribution is 5.97. The summed E-state index contributed by atoms with van der Waals surface area (Å²) in [5.41, 5.74) is 10.7. The molecule has 0 aliphatic rings. The second kappa shape index (κ2) is 6.36. The zero-order valence-corrected chi connectivity index (χ0v) is 14.9. The van der Waals surface area contributed by atoms with Gasteiger partial charge in [-0.15, -0.1) is 0 Å². The van der Waals surface area contributed by atoms with Crippen LogP contribution in [0.4, 0.5) is 0 Å². The first-order valence-electron chi connectivity index (χ1n) is 8.31. The first-order valence-corrected chi connectivity index (χ1v) is 8.31. The highest BCUT2D eigenvalue weighted by atomic mass is 16.4. The molecule has 0 fully saturated rings. The van der Waals surface area contributed by atoms with E-state index in [0.29, 0.717) is 12.1 Å². The smallest absolute Gasteiger partial charge is 0.335 e. The molecule has 1 heterocycles. The SMILES string of the molecule is CCCn1c(C)c(CCN)c2cc(C(=O)O)cc(C(C)(C)C)c21. The summed E-state index contributed by atoms with van der Waals surface area (Å²) < 4.78 is 2.34. The second-order valence-corrected chi connectivity index (χ2v) is 7.23. The molecule has 0 saturated carbocycles. The van der Waals surface area contributed by atoms with Crippen LogP contribution in [0.2, 0.25) is 0 Å². The fourth-order valence-electron chi connectivity index (χ4n) is 3.34. The topological polar surface area (TPSA) is 68.2 Å². The van der Waals surface area contributed by atoms with Crippen molar-refractivity contribution in [1.29, 1.82) is 0 Å². The quantitative estimate of drug-likeness (QED) is 0.880. The summed E-state index contributed by atoms with van der Waals surface area (Å²) in [4.78, 5) is 11.6. The average Bonchev–Trinajstić information content (AvgIpc) is 2.71. The largest absolute Gasteiger partial charge is 0.478 e. The molecule has 0 aliphatic heterocycles. The van der Waals surface area contributed by atoms with E-state index in [1.54, 1.807) is 0 Å². The molecule has 0 unspecified atom stereocenters. The molecule has 2 rings (SSSR count). The molecule has 4 heteroatoms. The van der Waals surface area contributed by atoms with Gasteiger partial charge in [-0.05, 0) is 55.0 Å². The van der Waals surface area contributed by atoms with Crippen LogP contribution in [0.3, 0.4) is 0 Å². The van der Waals surface area contributed by atoms with Crippen LogP contribution in [0.1, 0.15) is 61.3 Å². The Labute approximate surface area is 138 Å². The molecule has 1 aromatic heterocycles. The number of hydrogen-bond acceptors (Lipinski definition) is 2. The maximum atomic E-state index is 11.6. The van der Waals surface area contributed by atoms with Crippen LogP contribution in [0.25, 0.3) is 10.9 Å². The molecule has 1 aromatic carbocycles. The van der Waals surface area contributed by atoms with Gasteiger partial charge < -0.3 is 15.4 Å². The molecular weight excluding hydrogens is 288 g/mol. The summed E-state index contributed by atoms with van der Waals surface area (Å²) in [7, 11) is 0. The van der Waals surface area contributed by atoms with E-state index < -0.39 is 5.97 Å². The zero-order chi connectivity index (χ0) is 17.4. The van der Waals surface area contributed by atoms with E-state index in [4.69, 9.17) is 5.73 Å². The van der Waals surface area contributed by atoms with E-state index in [2.05, 4.69) is 39.2 Å². The number of aromatic nitrogens is 1. The first-order chi connectivity index (χ1) is 10.7. The Morgan fingerprint density at radius 2 is 1.96 bits per heavy atom. The third kappa shape index (κ3) is 3.13. The summed E-state index contributed by atoms with van der Waals surface area (Å²) >= 11 is 0. The van der Waals surface area contributed by atoms with Crippen molar-refractivity contribution >= 4 is 16.9 Å². The van der Waals surface area contributed by atoms with E-state index in [9.17, 15) is 9.90 Å². The van der Waals surface area contributed by atoms with Crippen molar-refractivity contribution in [3.8, 4) is 0 Å². The van der Waals surface area contributed by atoms with Crippen molar-refractivity contribution < 1.29 is 9.90 Å². The van der Waals surface area contributed by atoms with Crippen LogP contribution in [0, 0.1) is 6.92 Å². The van der Waals surface area contributed by atoms with E-state index in [1.165, 1.54) is 16.8 Å². The lowest BCUT2D eigenvalue weighted by Crippen LogP contribution is -2.15. The second-order valence-electron chi connectivity index (χ2n) is 7.23. The number of nitrogens with zero attached hydrogens (tertiary/aromatic N) is 1. The standard InChI is InChI=1S/C19H28N2O2/c1-6-9-21-12(2)14(7-8-20)15-10-13(18(22)23)11-16(17(15)21)19(3,4)5/h10-11H,6-9,20H2,1-5H3,(H,22,23). The van der Waals surface area contributed by atoms with Gasteiger partial charge in [0.15, 0.2) is 0 Å². The van der Waals surface area contributed by atoms with E-state index in [-0.39, 0.29) is 5.41 Å². The van der Waals surface area contributed by atoms with Crippen LogP contribution in [0.5, 0.6) is 0 Å². The van der Waals surface area contributed by atoms with Crippen LogP contribution in [-0.2, 0) is 18.4 Å². The average molecular weight is 316 g/mol. The third-order valence-electron chi connectivity index (χ3n) is 4.44. The van der Waals surface area contributed by atoms with Crippen molar-refractivity contribution in [3.05, 3.63) is 34.5 Å². The predicted octanol–water partition coefficient (Wildman–Crippen LogP) is 3.86. The lowest BCUT2D eigenvalue weighted by Gasteiger charge is -2.23. The fourth-order valence-corrected chi connectivity index (χ4v) is 3.34. The molecule has 0 aliphatic carbocycles. The van der Waals surface area contributed by atoms with E-state index in [1.807, 2.05) is 12.1 Å². The molecule has 3 N–H and O–H groups in total. The Hall–Kier alpha value is -1.81. The number of rotatable bonds is 5. The van der Waals surface area contributed by atoms with Crippen molar-refractivity contribution in [2.45, 2.75) is 59.4 Å². The monoisotopic (exact) mass is 316 g/mol. The number of carbonyl (C=O) groups is 1. The molecule has 0 bridgehead atoms. The summed E-state index contributed by atoms with van der Waals surface area (Å²) in [5.74, 6) is -0.878. The van der Waals surface area contributed by atoms with E-state index in [0.717, 1.165) is 30.3 Å².